The van der Waals surface area contributed by atoms with Crippen LogP contribution in [0, 0.1) is 21.4 Å². The number of nitro groups is 1. The predicted octanol–water partition coefficient (Wildman–Crippen LogP) is 4.21. The molecule has 1 heterocycles. The molecule has 0 aromatic heterocycles. The highest BCUT2D eigenvalue weighted by Crippen LogP contribution is 2.36. The fraction of sp³-hybridized carbons (Fsp3) is 0.611. The van der Waals surface area contributed by atoms with Crippen LogP contribution >= 0.6 is 0 Å². The number of ether oxygens (including phenoxy) is 1. The second-order valence-electron chi connectivity index (χ2n) is 7.77. The van der Waals surface area contributed by atoms with Crippen LogP contribution in [0.2, 0.25) is 0 Å². The Labute approximate surface area is 160 Å². The average molecular weight is 404 g/mol. The highest BCUT2D eigenvalue weighted by atomic mass is 19.4. The largest absolute Gasteiger partial charge is 0.486 e. The number of nitro benzene ring substituents is 1. The minimum Gasteiger partial charge on any atom is -0.486 e. The van der Waals surface area contributed by atoms with Gasteiger partial charge in [0.25, 0.3) is 0 Å². The van der Waals surface area contributed by atoms with Gasteiger partial charge in [0.05, 0.1) is 22.5 Å². The Hall–Kier alpha value is -2.36. The molecular formula is C18H23F3N2O5. The van der Waals surface area contributed by atoms with Crippen molar-refractivity contribution in [2.45, 2.75) is 39.8 Å². The second-order valence-corrected chi connectivity index (χ2v) is 7.77. The molecule has 0 bridgehead atoms. The Balaban J connectivity index is 2.01. The molecule has 28 heavy (non-hydrogen) atoms. The lowest BCUT2D eigenvalue weighted by Gasteiger charge is -2.32. The summed E-state index contributed by atoms with van der Waals surface area (Å²) >= 11 is 0. The van der Waals surface area contributed by atoms with E-state index in [1.54, 1.807) is 20.8 Å². The fourth-order valence-corrected chi connectivity index (χ4v) is 2.67. The first-order valence-corrected chi connectivity index (χ1v) is 8.83. The van der Waals surface area contributed by atoms with Crippen LogP contribution < -0.4 is 4.74 Å². The summed E-state index contributed by atoms with van der Waals surface area (Å²) in [7, 11) is 0. The molecule has 10 heteroatoms. The molecule has 0 N–H and O–H groups in total. The predicted molar refractivity (Wildman–Crippen MR) is 93.4 cm³/mol. The van der Waals surface area contributed by atoms with Crippen molar-refractivity contribution >= 4 is 11.7 Å². The third-order valence-electron chi connectivity index (χ3n) is 4.26. The molecular weight excluding hydrogens is 381 g/mol. The van der Waals surface area contributed by atoms with Gasteiger partial charge in [-0.1, -0.05) is 0 Å². The molecule has 2 rings (SSSR count). The molecule has 1 atom stereocenters. The zero-order valence-corrected chi connectivity index (χ0v) is 15.9. The molecule has 1 fully saturated rings. The molecule has 1 aromatic carbocycles. The first kappa shape index (κ1) is 21.9. The first-order valence-electron chi connectivity index (χ1n) is 8.83. The normalized spacial score (nSPS) is 18.6. The van der Waals surface area contributed by atoms with E-state index in [1.807, 2.05) is 0 Å². The fourth-order valence-electron chi connectivity index (χ4n) is 2.67. The van der Waals surface area contributed by atoms with Crippen molar-refractivity contribution in [2.24, 2.45) is 11.3 Å². The van der Waals surface area contributed by atoms with Gasteiger partial charge in [0, 0.05) is 25.1 Å². The number of halogens is 3. The van der Waals surface area contributed by atoms with Gasteiger partial charge in [0.15, 0.2) is 5.75 Å². The number of alkyl halides is 3. The van der Waals surface area contributed by atoms with Crippen molar-refractivity contribution in [3.8, 4) is 5.75 Å². The topological polar surface area (TPSA) is 81.9 Å². The number of hydroxylamine groups is 2. The minimum atomic E-state index is -4.68. The molecule has 0 saturated carbocycles. The van der Waals surface area contributed by atoms with Gasteiger partial charge in [0.2, 0.25) is 0 Å². The van der Waals surface area contributed by atoms with Crippen LogP contribution in [0.3, 0.4) is 0 Å². The first-order chi connectivity index (χ1) is 12.9. The molecule has 0 radical (unpaired) electrons. The van der Waals surface area contributed by atoms with Gasteiger partial charge < -0.3 is 9.57 Å². The van der Waals surface area contributed by atoms with Crippen LogP contribution in [0.4, 0.5) is 18.9 Å². The van der Waals surface area contributed by atoms with E-state index >= 15 is 0 Å². The molecule has 156 valence electrons. The smallest absolute Gasteiger partial charge is 0.416 e. The monoisotopic (exact) mass is 404 g/mol. The molecule has 7 nitrogen and oxygen atoms in total. The molecule has 1 aliphatic rings. The SMILES string of the molecule is CC(C)(C)C(=O)ON1CCC[C@@H](COc2ccc(C(F)(F)F)cc2[N+](=O)[O-])C1. The number of benzene rings is 1. The number of rotatable bonds is 5. The summed E-state index contributed by atoms with van der Waals surface area (Å²) < 4.78 is 43.7. The summed E-state index contributed by atoms with van der Waals surface area (Å²) in [4.78, 5) is 27.6. The molecule has 1 aromatic rings. The summed E-state index contributed by atoms with van der Waals surface area (Å²) in [6.07, 6.45) is -3.19. The lowest BCUT2D eigenvalue weighted by Crippen LogP contribution is -2.41. The van der Waals surface area contributed by atoms with E-state index < -0.39 is 27.8 Å². The van der Waals surface area contributed by atoms with Crippen molar-refractivity contribution in [2.75, 3.05) is 19.7 Å². The molecule has 1 aliphatic heterocycles. The van der Waals surface area contributed by atoms with E-state index in [4.69, 9.17) is 9.57 Å². The minimum absolute atomic E-state index is 0.0653. The van der Waals surface area contributed by atoms with Crippen molar-refractivity contribution in [3.05, 3.63) is 33.9 Å². The van der Waals surface area contributed by atoms with Crippen molar-refractivity contribution in [1.82, 2.24) is 5.06 Å². The Bertz CT molecular complexity index is 731. The maximum atomic E-state index is 12.8. The number of piperidine rings is 1. The zero-order chi connectivity index (χ0) is 21.1. The standard InChI is InChI=1S/C18H23F3N2O5/c1-17(2,3)16(24)28-22-8-4-5-12(10-22)11-27-15-7-6-13(18(19,20)21)9-14(15)23(25)26/h6-7,9,12H,4-5,8,10-11H2,1-3H3/t12-/m1/s1. The molecule has 0 amide bonds. The van der Waals surface area contributed by atoms with Crippen molar-refractivity contribution in [3.63, 3.8) is 0 Å². The summed E-state index contributed by atoms with van der Waals surface area (Å²) in [5.41, 5.74) is -2.49. The lowest BCUT2D eigenvalue weighted by molar-refractivity contribution is -0.386. The van der Waals surface area contributed by atoms with Crippen LogP contribution in [0.1, 0.15) is 39.2 Å². The van der Waals surface area contributed by atoms with Gasteiger partial charge in [-0.05, 0) is 45.7 Å². The van der Waals surface area contributed by atoms with Crippen molar-refractivity contribution < 1.29 is 32.5 Å². The van der Waals surface area contributed by atoms with Crippen molar-refractivity contribution in [1.29, 1.82) is 0 Å². The molecule has 0 unspecified atom stereocenters. The highest BCUT2D eigenvalue weighted by Gasteiger charge is 2.34. The number of carbonyl (C=O) groups is 1. The van der Waals surface area contributed by atoms with E-state index in [0.717, 1.165) is 25.0 Å². The van der Waals surface area contributed by atoms with Gasteiger partial charge in [-0.25, -0.2) is 4.79 Å². The Morgan fingerprint density at radius 3 is 2.57 bits per heavy atom. The number of nitrogens with zero attached hydrogens (tertiary/aromatic N) is 2. The Morgan fingerprint density at radius 2 is 2.00 bits per heavy atom. The Kier molecular flexibility index (Phi) is 6.53. The number of carbonyl (C=O) groups excluding carboxylic acids is 1. The van der Waals surface area contributed by atoms with Crippen LogP contribution in [0.5, 0.6) is 5.75 Å². The van der Waals surface area contributed by atoms with Crippen LogP contribution in [-0.4, -0.2) is 35.7 Å². The number of hydrogen-bond acceptors (Lipinski definition) is 6. The molecule has 0 spiro atoms. The lowest BCUT2D eigenvalue weighted by atomic mass is 9.97. The van der Waals surface area contributed by atoms with Gasteiger partial charge in [-0.2, -0.15) is 13.2 Å². The number of hydrogen-bond donors (Lipinski definition) is 0. The Morgan fingerprint density at radius 1 is 1.32 bits per heavy atom. The summed E-state index contributed by atoms with van der Waals surface area (Å²) in [5.74, 6) is -0.669. The third kappa shape index (κ3) is 5.82. The van der Waals surface area contributed by atoms with Crippen LogP contribution in [-0.2, 0) is 15.8 Å². The van der Waals surface area contributed by atoms with Crippen LogP contribution in [0.25, 0.3) is 0 Å². The summed E-state index contributed by atoms with van der Waals surface area (Å²) in [5, 5.41) is 12.6. The van der Waals surface area contributed by atoms with Gasteiger partial charge in [-0.3, -0.25) is 10.1 Å². The molecule has 1 saturated heterocycles. The summed E-state index contributed by atoms with van der Waals surface area (Å²) in [6, 6.07) is 2.18. The average Bonchev–Trinajstić information content (AvgIpc) is 2.58. The van der Waals surface area contributed by atoms with E-state index in [2.05, 4.69) is 0 Å². The van der Waals surface area contributed by atoms with E-state index in [9.17, 15) is 28.1 Å². The van der Waals surface area contributed by atoms with Crippen LogP contribution in [0.15, 0.2) is 18.2 Å². The maximum absolute atomic E-state index is 12.8. The van der Waals surface area contributed by atoms with E-state index in [-0.39, 0.29) is 24.2 Å². The quantitative estimate of drug-likeness (QED) is 0.540. The molecule has 0 aliphatic carbocycles. The van der Waals surface area contributed by atoms with Gasteiger partial charge in [-0.15, -0.1) is 5.06 Å². The van der Waals surface area contributed by atoms with E-state index in [0.29, 0.717) is 19.2 Å². The highest BCUT2D eigenvalue weighted by molar-refractivity contribution is 5.75. The van der Waals surface area contributed by atoms with Gasteiger partial charge >= 0.3 is 17.8 Å². The van der Waals surface area contributed by atoms with E-state index in [1.165, 1.54) is 5.06 Å². The van der Waals surface area contributed by atoms with Gasteiger partial charge in [0.1, 0.15) is 0 Å². The zero-order valence-electron chi connectivity index (χ0n) is 15.9. The third-order valence-corrected chi connectivity index (χ3v) is 4.26. The maximum Gasteiger partial charge on any atom is 0.416 e. The second kappa shape index (κ2) is 8.34. The summed E-state index contributed by atoms with van der Waals surface area (Å²) in [6.45, 7) is 6.24.